The van der Waals surface area contributed by atoms with Crippen LogP contribution in [-0.2, 0) is 18.0 Å². The maximum absolute atomic E-state index is 10.7. The molecule has 3 nitrogen and oxygen atoms in total. The topological polar surface area (TPSA) is 46.5 Å². The summed E-state index contributed by atoms with van der Waals surface area (Å²) in [4.78, 5) is 10.7. The second-order valence-corrected chi connectivity index (χ2v) is 4.49. The fraction of sp³-hybridized carbons (Fsp3) is 0.133. The predicted octanol–water partition coefficient (Wildman–Crippen LogP) is 3.76. The number of ether oxygens (including phenoxy) is 1. The van der Waals surface area contributed by atoms with Crippen molar-refractivity contribution in [1.29, 1.82) is 0 Å². The Bertz CT molecular complexity index is 564. The Labute approximate surface area is 116 Å². The maximum atomic E-state index is 10.7. The van der Waals surface area contributed by atoms with Crippen LogP contribution in [0.5, 0.6) is 0 Å². The van der Waals surface area contributed by atoms with Crippen molar-refractivity contribution < 1.29 is 14.6 Å². The highest BCUT2D eigenvalue weighted by atomic mass is 35.5. The van der Waals surface area contributed by atoms with E-state index < -0.39 is 5.97 Å². The van der Waals surface area contributed by atoms with Gasteiger partial charge in [0.05, 0.1) is 18.8 Å². The Morgan fingerprint density at radius 2 is 1.74 bits per heavy atom. The lowest BCUT2D eigenvalue weighted by Crippen LogP contribution is -1.98. The Kier molecular flexibility index (Phi) is 4.55. The van der Waals surface area contributed by atoms with Gasteiger partial charge in [-0.1, -0.05) is 41.9 Å². The average Bonchev–Trinajstić information content (AvgIpc) is 2.41. The van der Waals surface area contributed by atoms with Gasteiger partial charge >= 0.3 is 5.97 Å². The molecule has 0 aromatic heterocycles. The van der Waals surface area contributed by atoms with Crippen LogP contribution in [0, 0.1) is 0 Å². The summed E-state index contributed by atoms with van der Waals surface area (Å²) >= 11 is 6.02. The summed E-state index contributed by atoms with van der Waals surface area (Å²) in [7, 11) is 0. The van der Waals surface area contributed by atoms with E-state index in [1.54, 1.807) is 24.3 Å². The van der Waals surface area contributed by atoms with Crippen LogP contribution in [-0.4, -0.2) is 11.1 Å². The second-order valence-electron chi connectivity index (χ2n) is 4.09. The number of halogens is 1. The highest BCUT2D eigenvalue weighted by Gasteiger charge is 2.02. The molecule has 0 bridgehead atoms. The molecule has 0 saturated carbocycles. The zero-order chi connectivity index (χ0) is 13.7. The van der Waals surface area contributed by atoms with E-state index in [0.29, 0.717) is 18.2 Å². The first-order valence-corrected chi connectivity index (χ1v) is 6.18. The third-order valence-corrected chi connectivity index (χ3v) is 3.05. The molecule has 1 N–H and O–H groups in total. The second kappa shape index (κ2) is 6.36. The molecule has 2 aromatic rings. The number of aromatic carboxylic acids is 1. The number of hydrogen-bond donors (Lipinski definition) is 1. The molecule has 0 radical (unpaired) electrons. The van der Waals surface area contributed by atoms with Gasteiger partial charge in [0.15, 0.2) is 0 Å². The molecule has 4 heteroatoms. The Hall–Kier alpha value is -1.84. The largest absolute Gasteiger partial charge is 0.478 e. The zero-order valence-corrected chi connectivity index (χ0v) is 10.9. The van der Waals surface area contributed by atoms with Crippen LogP contribution in [0.2, 0.25) is 5.02 Å². The number of hydrogen-bond acceptors (Lipinski definition) is 2. The minimum absolute atomic E-state index is 0.273. The third kappa shape index (κ3) is 3.81. The van der Waals surface area contributed by atoms with Crippen LogP contribution in [0.3, 0.4) is 0 Å². The number of carboxylic acids is 1. The summed E-state index contributed by atoms with van der Waals surface area (Å²) in [5.41, 5.74) is 2.14. The molecule has 0 aliphatic heterocycles. The molecule has 2 aromatic carbocycles. The molecular weight excluding hydrogens is 264 g/mol. The van der Waals surface area contributed by atoms with Gasteiger partial charge in [-0.15, -0.1) is 0 Å². The van der Waals surface area contributed by atoms with Gasteiger partial charge < -0.3 is 9.84 Å². The van der Waals surface area contributed by atoms with Gasteiger partial charge in [0.1, 0.15) is 0 Å². The van der Waals surface area contributed by atoms with Crippen LogP contribution in [0.4, 0.5) is 0 Å². The van der Waals surface area contributed by atoms with E-state index in [1.807, 2.05) is 24.3 Å². The fourth-order valence-electron chi connectivity index (χ4n) is 1.64. The third-order valence-electron chi connectivity index (χ3n) is 2.69. The summed E-state index contributed by atoms with van der Waals surface area (Å²) in [6.45, 7) is 0.853. The Morgan fingerprint density at radius 1 is 1.05 bits per heavy atom. The van der Waals surface area contributed by atoms with Crippen LogP contribution in [0.15, 0.2) is 48.5 Å². The summed E-state index contributed by atoms with van der Waals surface area (Å²) in [5.74, 6) is -0.927. The van der Waals surface area contributed by atoms with Crippen molar-refractivity contribution in [3.8, 4) is 0 Å². The van der Waals surface area contributed by atoms with E-state index in [4.69, 9.17) is 21.4 Å². The minimum Gasteiger partial charge on any atom is -0.478 e. The Morgan fingerprint density at radius 3 is 2.37 bits per heavy atom. The van der Waals surface area contributed by atoms with Crippen molar-refractivity contribution in [1.82, 2.24) is 0 Å². The van der Waals surface area contributed by atoms with Gasteiger partial charge in [0.2, 0.25) is 0 Å². The van der Waals surface area contributed by atoms with Gasteiger partial charge in [0, 0.05) is 5.02 Å². The molecule has 98 valence electrons. The first-order chi connectivity index (χ1) is 9.16. The number of benzene rings is 2. The smallest absolute Gasteiger partial charge is 0.335 e. The highest BCUT2D eigenvalue weighted by molar-refractivity contribution is 6.31. The van der Waals surface area contributed by atoms with Crippen molar-refractivity contribution in [2.75, 3.05) is 0 Å². The van der Waals surface area contributed by atoms with Gasteiger partial charge in [-0.2, -0.15) is 0 Å². The average molecular weight is 277 g/mol. The van der Waals surface area contributed by atoms with Crippen LogP contribution in [0.1, 0.15) is 21.5 Å². The summed E-state index contributed by atoms with van der Waals surface area (Å²) < 4.78 is 5.56. The summed E-state index contributed by atoms with van der Waals surface area (Å²) in [5, 5.41) is 9.47. The monoisotopic (exact) mass is 276 g/mol. The lowest BCUT2D eigenvalue weighted by Gasteiger charge is -2.06. The van der Waals surface area contributed by atoms with E-state index >= 15 is 0 Å². The first kappa shape index (κ1) is 13.6. The molecule has 0 atom stereocenters. The van der Waals surface area contributed by atoms with Crippen LogP contribution < -0.4 is 0 Å². The van der Waals surface area contributed by atoms with E-state index in [9.17, 15) is 4.79 Å². The molecule has 19 heavy (non-hydrogen) atoms. The molecule has 0 heterocycles. The zero-order valence-electron chi connectivity index (χ0n) is 10.2. The normalized spacial score (nSPS) is 10.4. The standard InChI is InChI=1S/C15H13ClO3/c16-14-4-2-1-3-13(14)10-19-9-11-5-7-12(8-6-11)15(17)18/h1-8H,9-10H2,(H,17,18). The predicted molar refractivity (Wildman–Crippen MR) is 73.3 cm³/mol. The number of rotatable bonds is 5. The maximum Gasteiger partial charge on any atom is 0.335 e. The molecule has 0 amide bonds. The number of carbonyl (C=O) groups is 1. The van der Waals surface area contributed by atoms with Gasteiger partial charge in [-0.25, -0.2) is 4.79 Å². The van der Waals surface area contributed by atoms with Crippen LogP contribution in [0.25, 0.3) is 0 Å². The SMILES string of the molecule is O=C(O)c1ccc(COCc2ccccc2Cl)cc1. The van der Waals surface area contributed by atoms with E-state index in [0.717, 1.165) is 11.1 Å². The lowest BCUT2D eigenvalue weighted by molar-refractivity contribution is 0.0696. The highest BCUT2D eigenvalue weighted by Crippen LogP contribution is 2.16. The fourth-order valence-corrected chi connectivity index (χ4v) is 1.83. The van der Waals surface area contributed by atoms with Crippen LogP contribution >= 0.6 is 11.6 Å². The summed E-state index contributed by atoms with van der Waals surface area (Å²) in [6.07, 6.45) is 0. The van der Waals surface area contributed by atoms with E-state index in [-0.39, 0.29) is 5.56 Å². The van der Waals surface area contributed by atoms with Gasteiger partial charge in [-0.05, 0) is 29.3 Å². The lowest BCUT2D eigenvalue weighted by atomic mass is 10.1. The molecule has 0 aliphatic rings. The van der Waals surface area contributed by atoms with Crippen molar-refractivity contribution in [2.45, 2.75) is 13.2 Å². The van der Waals surface area contributed by atoms with Crippen molar-refractivity contribution in [3.05, 3.63) is 70.2 Å². The summed E-state index contributed by atoms with van der Waals surface area (Å²) in [6, 6.07) is 14.1. The quantitative estimate of drug-likeness (QED) is 0.904. The van der Waals surface area contributed by atoms with Gasteiger partial charge in [-0.3, -0.25) is 0 Å². The molecule has 0 saturated heterocycles. The van der Waals surface area contributed by atoms with Gasteiger partial charge in [0.25, 0.3) is 0 Å². The molecule has 0 spiro atoms. The first-order valence-electron chi connectivity index (χ1n) is 5.80. The number of carboxylic acid groups (broad SMARTS) is 1. The van der Waals surface area contributed by atoms with Crippen molar-refractivity contribution in [2.24, 2.45) is 0 Å². The van der Waals surface area contributed by atoms with E-state index in [1.165, 1.54) is 0 Å². The molecular formula is C15H13ClO3. The molecule has 0 aliphatic carbocycles. The van der Waals surface area contributed by atoms with Crippen molar-refractivity contribution in [3.63, 3.8) is 0 Å². The molecule has 0 unspecified atom stereocenters. The van der Waals surface area contributed by atoms with E-state index in [2.05, 4.69) is 0 Å². The van der Waals surface area contributed by atoms with Crippen molar-refractivity contribution >= 4 is 17.6 Å². The Balaban J connectivity index is 1.89. The minimum atomic E-state index is -0.927. The molecule has 0 fully saturated rings. The molecule has 2 rings (SSSR count).